The first-order valence-corrected chi connectivity index (χ1v) is 3.93. The Bertz CT molecular complexity index is 93.4. The van der Waals surface area contributed by atoms with E-state index in [1.54, 1.807) is 0 Å². The summed E-state index contributed by atoms with van der Waals surface area (Å²) in [6.45, 7) is 7.87. The lowest BCUT2D eigenvalue weighted by atomic mass is 10.1. The third-order valence-electron chi connectivity index (χ3n) is 1.83. The zero-order valence-electron chi connectivity index (χ0n) is 6.96. The quantitative estimate of drug-likeness (QED) is 0.554. The average Bonchev–Trinajstić information content (AvgIpc) is 1.88. The summed E-state index contributed by atoms with van der Waals surface area (Å²) < 4.78 is 11.0. The second-order valence-electron chi connectivity index (χ2n) is 3.26. The molecule has 60 valence electrons. The van der Waals surface area contributed by atoms with E-state index in [0.29, 0.717) is 12.0 Å². The molecule has 0 aromatic rings. The summed E-state index contributed by atoms with van der Waals surface area (Å²) in [6.07, 6.45) is 0.603. The molecule has 0 bridgehead atoms. The largest absolute Gasteiger partial charge is 0.373 e. The molecule has 1 aliphatic rings. The molecule has 0 saturated carbocycles. The molecule has 0 aromatic heterocycles. The van der Waals surface area contributed by atoms with E-state index in [1.165, 1.54) is 0 Å². The monoisotopic (exact) mass is 144 g/mol. The molecule has 0 radical (unpaired) electrons. The summed E-state index contributed by atoms with van der Waals surface area (Å²) in [7, 11) is 0. The van der Waals surface area contributed by atoms with Gasteiger partial charge in [0.05, 0.1) is 25.4 Å². The van der Waals surface area contributed by atoms with E-state index in [1.807, 2.05) is 6.92 Å². The molecule has 0 spiro atoms. The number of hydrogen-bond donors (Lipinski definition) is 0. The van der Waals surface area contributed by atoms with Crippen LogP contribution >= 0.6 is 0 Å². The van der Waals surface area contributed by atoms with Crippen molar-refractivity contribution in [2.45, 2.75) is 33.0 Å². The van der Waals surface area contributed by atoms with Gasteiger partial charge in [0.1, 0.15) is 0 Å². The van der Waals surface area contributed by atoms with Gasteiger partial charge in [-0.2, -0.15) is 0 Å². The van der Waals surface area contributed by atoms with Crippen LogP contribution in [0.2, 0.25) is 0 Å². The Morgan fingerprint density at radius 2 is 1.90 bits per heavy atom. The zero-order chi connectivity index (χ0) is 7.56. The van der Waals surface area contributed by atoms with Crippen LogP contribution in [0.4, 0.5) is 0 Å². The van der Waals surface area contributed by atoms with E-state index in [4.69, 9.17) is 9.47 Å². The van der Waals surface area contributed by atoms with Crippen molar-refractivity contribution in [1.82, 2.24) is 0 Å². The van der Waals surface area contributed by atoms with E-state index in [2.05, 4.69) is 13.8 Å². The van der Waals surface area contributed by atoms with Crippen LogP contribution in [0.1, 0.15) is 20.8 Å². The van der Waals surface area contributed by atoms with Crippen LogP contribution in [0, 0.1) is 5.92 Å². The fraction of sp³-hybridized carbons (Fsp3) is 1.00. The summed E-state index contributed by atoms with van der Waals surface area (Å²) in [6, 6.07) is 0. The molecule has 1 aliphatic heterocycles. The van der Waals surface area contributed by atoms with Crippen molar-refractivity contribution in [2.75, 3.05) is 13.2 Å². The highest BCUT2D eigenvalue weighted by Gasteiger charge is 2.21. The number of hydrogen-bond acceptors (Lipinski definition) is 2. The molecular weight excluding hydrogens is 128 g/mol. The predicted molar refractivity (Wildman–Crippen MR) is 40.0 cm³/mol. The minimum absolute atomic E-state index is 0.287. The van der Waals surface area contributed by atoms with E-state index in [-0.39, 0.29) is 6.10 Å². The lowest BCUT2D eigenvalue weighted by molar-refractivity contribution is -0.140. The molecule has 0 aliphatic carbocycles. The van der Waals surface area contributed by atoms with Gasteiger partial charge >= 0.3 is 0 Å². The topological polar surface area (TPSA) is 18.5 Å². The lowest BCUT2D eigenvalue weighted by Crippen LogP contribution is -2.36. The zero-order valence-corrected chi connectivity index (χ0v) is 6.96. The standard InChI is InChI=1S/C8H16O2/c1-6(2)8-5-9-7(3)4-10-8/h6-8H,4-5H2,1-3H3/t7-,8?/m0/s1. The summed E-state index contributed by atoms with van der Waals surface area (Å²) in [5.41, 5.74) is 0. The van der Waals surface area contributed by atoms with Gasteiger partial charge in [-0.05, 0) is 12.8 Å². The van der Waals surface area contributed by atoms with Crippen LogP contribution in [0.25, 0.3) is 0 Å². The van der Waals surface area contributed by atoms with Crippen LogP contribution in [-0.2, 0) is 9.47 Å². The van der Waals surface area contributed by atoms with Crippen molar-refractivity contribution in [1.29, 1.82) is 0 Å². The van der Waals surface area contributed by atoms with Gasteiger partial charge in [0, 0.05) is 0 Å². The van der Waals surface area contributed by atoms with Crippen molar-refractivity contribution in [3.63, 3.8) is 0 Å². The molecule has 1 rings (SSSR count). The Hall–Kier alpha value is -0.0800. The van der Waals surface area contributed by atoms with Crippen molar-refractivity contribution >= 4 is 0 Å². The second kappa shape index (κ2) is 3.35. The lowest BCUT2D eigenvalue weighted by Gasteiger charge is -2.29. The highest BCUT2D eigenvalue weighted by molar-refractivity contribution is 4.67. The minimum Gasteiger partial charge on any atom is -0.373 e. The van der Waals surface area contributed by atoms with E-state index >= 15 is 0 Å². The van der Waals surface area contributed by atoms with E-state index in [9.17, 15) is 0 Å². The fourth-order valence-electron chi connectivity index (χ4n) is 0.999. The summed E-state index contributed by atoms with van der Waals surface area (Å²) in [5.74, 6) is 0.576. The molecule has 2 heteroatoms. The van der Waals surface area contributed by atoms with Gasteiger partial charge in [-0.3, -0.25) is 0 Å². The molecule has 10 heavy (non-hydrogen) atoms. The summed E-state index contributed by atoms with van der Waals surface area (Å²) >= 11 is 0. The number of rotatable bonds is 1. The molecule has 2 nitrogen and oxygen atoms in total. The van der Waals surface area contributed by atoms with Gasteiger partial charge in [0.25, 0.3) is 0 Å². The molecule has 1 unspecified atom stereocenters. The average molecular weight is 144 g/mol. The Labute approximate surface area is 62.5 Å². The second-order valence-corrected chi connectivity index (χ2v) is 3.26. The van der Waals surface area contributed by atoms with Crippen molar-refractivity contribution in [3.8, 4) is 0 Å². The van der Waals surface area contributed by atoms with Gasteiger partial charge in [-0.25, -0.2) is 0 Å². The third kappa shape index (κ3) is 1.96. The highest BCUT2D eigenvalue weighted by Crippen LogP contribution is 2.13. The van der Waals surface area contributed by atoms with Crippen molar-refractivity contribution in [2.24, 2.45) is 5.92 Å². The van der Waals surface area contributed by atoms with Crippen molar-refractivity contribution < 1.29 is 9.47 Å². The van der Waals surface area contributed by atoms with Gasteiger partial charge in [-0.15, -0.1) is 0 Å². The van der Waals surface area contributed by atoms with Gasteiger partial charge < -0.3 is 9.47 Å². The van der Waals surface area contributed by atoms with Gasteiger partial charge in [-0.1, -0.05) is 13.8 Å². The molecule has 1 heterocycles. The van der Waals surface area contributed by atoms with Crippen LogP contribution in [-0.4, -0.2) is 25.4 Å². The van der Waals surface area contributed by atoms with Crippen LogP contribution < -0.4 is 0 Å². The van der Waals surface area contributed by atoms with E-state index < -0.39 is 0 Å². The number of ether oxygens (including phenoxy) is 2. The maximum absolute atomic E-state index is 5.53. The van der Waals surface area contributed by atoms with Crippen LogP contribution in [0.3, 0.4) is 0 Å². The SMILES string of the molecule is CC(C)C1CO[C@@H](C)CO1. The Morgan fingerprint density at radius 1 is 1.20 bits per heavy atom. The van der Waals surface area contributed by atoms with Crippen molar-refractivity contribution in [3.05, 3.63) is 0 Å². The van der Waals surface area contributed by atoms with Crippen LogP contribution in [0.5, 0.6) is 0 Å². The first-order valence-electron chi connectivity index (χ1n) is 3.93. The molecular formula is C8H16O2. The highest BCUT2D eigenvalue weighted by atomic mass is 16.6. The fourth-order valence-corrected chi connectivity index (χ4v) is 0.999. The maximum Gasteiger partial charge on any atom is 0.0832 e. The Kier molecular flexibility index (Phi) is 2.69. The maximum atomic E-state index is 5.53. The predicted octanol–water partition coefficient (Wildman–Crippen LogP) is 1.45. The molecule has 1 saturated heterocycles. The van der Waals surface area contributed by atoms with Gasteiger partial charge in [0.2, 0.25) is 0 Å². The first-order chi connectivity index (χ1) is 4.70. The minimum atomic E-state index is 0.287. The Morgan fingerprint density at radius 3 is 2.30 bits per heavy atom. The molecule has 1 fully saturated rings. The first kappa shape index (κ1) is 8.02. The third-order valence-corrected chi connectivity index (χ3v) is 1.83. The molecule has 0 amide bonds. The molecule has 0 N–H and O–H groups in total. The summed E-state index contributed by atoms with van der Waals surface area (Å²) in [4.78, 5) is 0. The molecule has 0 aromatic carbocycles. The normalized spacial score (nSPS) is 34.8. The molecule has 2 atom stereocenters. The van der Waals surface area contributed by atoms with Gasteiger partial charge in [0.15, 0.2) is 0 Å². The smallest absolute Gasteiger partial charge is 0.0832 e. The van der Waals surface area contributed by atoms with Crippen LogP contribution in [0.15, 0.2) is 0 Å². The summed E-state index contributed by atoms with van der Waals surface area (Å²) in [5, 5.41) is 0. The van der Waals surface area contributed by atoms with E-state index in [0.717, 1.165) is 13.2 Å². The Balaban J connectivity index is 2.26.